The van der Waals surface area contributed by atoms with Crippen LogP contribution in [0.5, 0.6) is 0 Å². The van der Waals surface area contributed by atoms with Crippen LogP contribution in [0.25, 0.3) is 10.4 Å². The summed E-state index contributed by atoms with van der Waals surface area (Å²) in [6.07, 6.45) is 1.05. The Hall–Kier alpha value is -2.67. The van der Waals surface area contributed by atoms with Gasteiger partial charge in [-0.15, -0.1) is 11.3 Å². The second kappa shape index (κ2) is 9.22. The number of carbonyl (C=O) groups is 2. The molecule has 2 saturated heterocycles. The number of aliphatic hydroxyl groups excluding tert-OH is 1. The van der Waals surface area contributed by atoms with Crippen LogP contribution in [0.1, 0.15) is 44.9 Å². The number of aromatic nitrogens is 1. The van der Waals surface area contributed by atoms with Crippen LogP contribution < -0.4 is 5.32 Å². The van der Waals surface area contributed by atoms with Crippen molar-refractivity contribution in [2.75, 3.05) is 19.3 Å². The molecule has 2 fully saturated rings. The van der Waals surface area contributed by atoms with Gasteiger partial charge in [0.15, 0.2) is 0 Å². The quantitative estimate of drug-likeness (QED) is 0.572. The summed E-state index contributed by atoms with van der Waals surface area (Å²) >= 11 is 1.55. The molecule has 5 rings (SSSR count). The number of amidine groups is 1. The van der Waals surface area contributed by atoms with Gasteiger partial charge in [-0.25, -0.2) is 13.4 Å². The number of sulfonamides is 1. The van der Waals surface area contributed by atoms with Gasteiger partial charge in [-0.2, -0.15) is 9.30 Å². The van der Waals surface area contributed by atoms with Gasteiger partial charge in [0, 0.05) is 19.5 Å². The summed E-state index contributed by atoms with van der Waals surface area (Å²) in [7, 11) is -3.61. The summed E-state index contributed by atoms with van der Waals surface area (Å²) < 4.78 is 26.2. The zero-order valence-corrected chi connectivity index (χ0v) is 23.8. The zero-order valence-electron chi connectivity index (χ0n) is 22.1. The first-order chi connectivity index (χ1) is 17.7. The normalized spacial score (nSPS) is 29.5. The maximum absolute atomic E-state index is 13.9. The number of benzene rings is 1. The monoisotopic (exact) mass is 559 g/mol. The Morgan fingerprint density at radius 2 is 1.89 bits per heavy atom. The van der Waals surface area contributed by atoms with E-state index < -0.39 is 39.2 Å². The smallest absolute Gasteiger partial charge is 0.277 e. The first-order valence-corrected chi connectivity index (χ1v) is 15.3. The molecule has 4 atom stereocenters. The van der Waals surface area contributed by atoms with Gasteiger partial charge in [-0.1, -0.05) is 38.1 Å². The number of hydrogen-bond acceptors (Lipinski definition) is 8. The molecule has 0 aliphatic carbocycles. The number of β-amino-alcohol motifs (C(OH)–C–C–N with tert-alkyl or cyclic N) is 1. The predicted octanol–water partition coefficient (Wildman–Crippen LogP) is 1.88. The maximum atomic E-state index is 13.9. The van der Waals surface area contributed by atoms with Crippen LogP contribution in [-0.4, -0.2) is 82.9 Å². The van der Waals surface area contributed by atoms with E-state index in [0.717, 1.165) is 28.0 Å². The Balaban J connectivity index is 1.40. The molecule has 0 radical (unpaired) electrons. The highest BCUT2D eigenvalue weighted by atomic mass is 32.2. The lowest BCUT2D eigenvalue weighted by molar-refractivity contribution is -0.137. The summed E-state index contributed by atoms with van der Waals surface area (Å²) in [6, 6.07) is 6.11. The average Bonchev–Trinajstić information content (AvgIpc) is 3.59. The highest BCUT2D eigenvalue weighted by Gasteiger charge is 2.54. The number of thiazole rings is 1. The van der Waals surface area contributed by atoms with Gasteiger partial charge >= 0.3 is 0 Å². The molecule has 0 saturated carbocycles. The number of carbonyl (C=O) groups excluding carboxylic acids is 2. The molecule has 10 nitrogen and oxygen atoms in total. The molecule has 2 aromatic rings. The highest BCUT2D eigenvalue weighted by Crippen LogP contribution is 2.40. The number of aliphatic imine (C=N–C) groups is 1. The molecule has 38 heavy (non-hydrogen) atoms. The van der Waals surface area contributed by atoms with Crippen LogP contribution >= 0.6 is 11.3 Å². The number of likely N-dealkylation sites (tertiary alicyclic amines) is 1. The van der Waals surface area contributed by atoms with Gasteiger partial charge in [-0.05, 0) is 36.8 Å². The lowest BCUT2D eigenvalue weighted by Crippen LogP contribution is -2.56. The number of rotatable bonds is 5. The van der Waals surface area contributed by atoms with Gasteiger partial charge < -0.3 is 15.3 Å². The van der Waals surface area contributed by atoms with E-state index in [2.05, 4.69) is 15.3 Å². The Morgan fingerprint density at radius 1 is 1.21 bits per heavy atom. The minimum absolute atomic E-state index is 0.0438. The molecule has 3 aliphatic rings. The summed E-state index contributed by atoms with van der Waals surface area (Å²) in [6.45, 7) is 7.77. The number of aliphatic hydroxyl groups is 1. The number of hydrogen-bond donors (Lipinski definition) is 2. The fourth-order valence-corrected chi connectivity index (χ4v) is 7.78. The Kier molecular flexibility index (Phi) is 6.53. The highest BCUT2D eigenvalue weighted by molar-refractivity contribution is 7.88. The molecular formula is C26H33N5O5S2. The number of nitrogens with zero attached hydrogens (tertiary/aromatic N) is 4. The molecule has 12 heteroatoms. The van der Waals surface area contributed by atoms with Crippen molar-refractivity contribution in [3.05, 3.63) is 41.0 Å². The van der Waals surface area contributed by atoms with Gasteiger partial charge in [0.2, 0.25) is 15.9 Å². The van der Waals surface area contributed by atoms with Gasteiger partial charge in [-0.3, -0.25) is 9.59 Å². The van der Waals surface area contributed by atoms with E-state index in [-0.39, 0.29) is 31.3 Å². The fourth-order valence-electron chi connectivity index (χ4n) is 5.79. The van der Waals surface area contributed by atoms with Gasteiger partial charge in [0.05, 0.1) is 34.5 Å². The third kappa shape index (κ3) is 4.47. The molecule has 1 aromatic heterocycles. The van der Waals surface area contributed by atoms with Crippen LogP contribution in [0.4, 0.5) is 0 Å². The average molecular weight is 560 g/mol. The topological polar surface area (TPSA) is 132 Å². The third-order valence-corrected chi connectivity index (χ3v) is 10.3. The molecule has 4 heterocycles. The van der Waals surface area contributed by atoms with E-state index in [1.807, 2.05) is 45.0 Å². The van der Waals surface area contributed by atoms with Crippen molar-refractivity contribution in [2.45, 2.75) is 64.3 Å². The largest absolute Gasteiger partial charge is 0.391 e. The molecule has 1 aromatic carbocycles. The molecule has 2 N–H and O–H groups in total. The Bertz CT molecular complexity index is 1420. The van der Waals surface area contributed by atoms with Crippen molar-refractivity contribution < 1.29 is 23.1 Å². The lowest BCUT2D eigenvalue weighted by Gasteiger charge is -2.36. The van der Waals surface area contributed by atoms with Crippen LogP contribution in [0, 0.1) is 12.3 Å². The summed E-state index contributed by atoms with van der Waals surface area (Å²) in [5.74, 6) is -0.456. The first-order valence-electron chi connectivity index (χ1n) is 12.6. The van der Waals surface area contributed by atoms with Crippen LogP contribution in [0.15, 0.2) is 34.8 Å². The first kappa shape index (κ1) is 26.9. The second-order valence-electron chi connectivity index (χ2n) is 11.3. The maximum Gasteiger partial charge on any atom is 0.277 e. The van der Waals surface area contributed by atoms with E-state index in [1.165, 1.54) is 9.21 Å². The van der Waals surface area contributed by atoms with Crippen LogP contribution in [-0.2, 0) is 25.2 Å². The van der Waals surface area contributed by atoms with Gasteiger partial charge in [0.25, 0.3) is 5.91 Å². The number of aryl methyl sites for hydroxylation is 1. The molecule has 0 spiro atoms. The summed E-state index contributed by atoms with van der Waals surface area (Å²) in [5, 5.41) is 13.8. The Labute approximate surface area is 226 Å². The zero-order chi connectivity index (χ0) is 27.6. The standard InChI is InChI=1S/C26H33N5O5S2/c1-15-20(37-14-27-15)16-6-8-17(9-7-16)26(4)24(34)28-22(29-26)19-12-18(32)13-30(19)23(33)21-25(2,3)10-11-31(21)38(5,35)36/h6-9,14,18-19,21,32H,10-13H2,1-5H3,(H,28,29,34)/t18-,19+,21?,26?/m1/s1. The van der Waals surface area contributed by atoms with Crippen LogP contribution in [0.3, 0.4) is 0 Å². The van der Waals surface area contributed by atoms with Crippen molar-refractivity contribution in [3.63, 3.8) is 0 Å². The van der Waals surface area contributed by atoms with E-state index in [1.54, 1.807) is 23.8 Å². The van der Waals surface area contributed by atoms with Crippen molar-refractivity contribution in [3.8, 4) is 10.4 Å². The second-order valence-corrected chi connectivity index (χ2v) is 14.1. The van der Waals surface area contributed by atoms with Crippen LogP contribution in [0.2, 0.25) is 0 Å². The summed E-state index contributed by atoms with van der Waals surface area (Å²) in [5.41, 5.74) is 2.76. The van der Waals surface area contributed by atoms with Crippen molar-refractivity contribution in [1.29, 1.82) is 0 Å². The van der Waals surface area contributed by atoms with Crippen molar-refractivity contribution >= 4 is 39.0 Å². The Morgan fingerprint density at radius 3 is 2.50 bits per heavy atom. The summed E-state index contributed by atoms with van der Waals surface area (Å²) in [4.78, 5) is 38.2. The SMILES string of the molecule is Cc1ncsc1-c1ccc(C2(C)NC([C@@H]3C[C@@H](O)CN3C(=O)C3N(S(C)(=O)=O)CCC3(C)C)=NC2=O)cc1. The molecule has 204 valence electrons. The molecule has 3 aliphatic heterocycles. The van der Waals surface area contributed by atoms with Crippen molar-refractivity contribution in [1.82, 2.24) is 19.5 Å². The molecule has 2 unspecified atom stereocenters. The van der Waals surface area contributed by atoms with E-state index in [9.17, 15) is 23.1 Å². The van der Waals surface area contributed by atoms with Gasteiger partial charge in [0.1, 0.15) is 17.4 Å². The number of amides is 2. The molecule has 0 bridgehead atoms. The third-order valence-electron chi connectivity index (χ3n) is 8.04. The predicted molar refractivity (Wildman–Crippen MR) is 145 cm³/mol. The number of nitrogens with one attached hydrogen (secondary N) is 1. The van der Waals surface area contributed by atoms with E-state index in [4.69, 9.17) is 0 Å². The lowest BCUT2D eigenvalue weighted by atomic mass is 9.84. The minimum Gasteiger partial charge on any atom is -0.391 e. The van der Waals surface area contributed by atoms with Crippen molar-refractivity contribution in [2.24, 2.45) is 10.4 Å². The molecular weight excluding hydrogens is 526 g/mol. The van der Waals surface area contributed by atoms with E-state index in [0.29, 0.717) is 12.3 Å². The minimum atomic E-state index is -3.61. The molecule has 2 amide bonds. The van der Waals surface area contributed by atoms with E-state index >= 15 is 0 Å². The fraction of sp³-hybridized carbons (Fsp3) is 0.538.